The molecule has 1 aromatic rings. The smallest absolute Gasteiger partial charge is 0.261 e. The summed E-state index contributed by atoms with van der Waals surface area (Å²) in [4.78, 5) is 25.4. The highest BCUT2D eigenvalue weighted by Gasteiger charge is 2.19. The fourth-order valence-electron chi connectivity index (χ4n) is 1.48. The summed E-state index contributed by atoms with van der Waals surface area (Å²) in [7, 11) is 1.59. The lowest BCUT2D eigenvalue weighted by molar-refractivity contribution is -0.131. The van der Waals surface area contributed by atoms with E-state index in [2.05, 4.69) is 21.2 Å². The molecule has 0 aliphatic heterocycles. The van der Waals surface area contributed by atoms with Gasteiger partial charge in [-0.3, -0.25) is 9.59 Å². The Bertz CT molecular complexity index is 468. The number of aliphatic hydroxyl groups is 1. The van der Waals surface area contributed by atoms with Crippen molar-refractivity contribution in [1.29, 1.82) is 0 Å². The lowest BCUT2D eigenvalue weighted by atomic mass is 10.1. The maximum absolute atomic E-state index is 11.8. The summed E-state index contributed by atoms with van der Waals surface area (Å²) in [5.74, 6) is -0.521. The van der Waals surface area contributed by atoms with E-state index in [-0.39, 0.29) is 24.9 Å². The first-order valence-electron chi connectivity index (χ1n) is 5.69. The van der Waals surface area contributed by atoms with Gasteiger partial charge in [-0.05, 0) is 41.9 Å². The van der Waals surface area contributed by atoms with Crippen LogP contribution in [0.15, 0.2) is 15.9 Å². The van der Waals surface area contributed by atoms with Crippen molar-refractivity contribution in [3.05, 3.63) is 20.8 Å². The minimum atomic E-state index is -0.951. The molecule has 0 unspecified atom stereocenters. The normalized spacial score (nSPS) is 11.2. The number of nitrogens with one attached hydrogen (secondary N) is 1. The minimum Gasteiger partial charge on any atom is -0.389 e. The van der Waals surface area contributed by atoms with Gasteiger partial charge < -0.3 is 15.3 Å². The molecule has 0 saturated heterocycles. The molecule has 0 fully saturated rings. The summed E-state index contributed by atoms with van der Waals surface area (Å²) >= 11 is 4.58. The van der Waals surface area contributed by atoms with Gasteiger partial charge in [0.1, 0.15) is 0 Å². The van der Waals surface area contributed by atoms with Gasteiger partial charge in [0.15, 0.2) is 0 Å². The van der Waals surface area contributed by atoms with E-state index in [0.717, 1.165) is 3.79 Å². The molecule has 19 heavy (non-hydrogen) atoms. The van der Waals surface area contributed by atoms with Crippen molar-refractivity contribution in [3.8, 4) is 0 Å². The van der Waals surface area contributed by atoms with Gasteiger partial charge >= 0.3 is 0 Å². The lowest BCUT2D eigenvalue weighted by Crippen LogP contribution is -2.44. The highest BCUT2D eigenvalue weighted by molar-refractivity contribution is 9.11. The zero-order chi connectivity index (χ0) is 14.6. The quantitative estimate of drug-likeness (QED) is 0.846. The predicted octanol–water partition coefficient (Wildman–Crippen LogP) is 1.47. The van der Waals surface area contributed by atoms with Crippen molar-refractivity contribution in [3.63, 3.8) is 0 Å². The molecule has 0 aliphatic carbocycles. The molecule has 0 aliphatic rings. The summed E-state index contributed by atoms with van der Waals surface area (Å²) in [6.07, 6.45) is 0. The van der Waals surface area contributed by atoms with Crippen LogP contribution in [-0.4, -0.2) is 47.6 Å². The summed E-state index contributed by atoms with van der Waals surface area (Å²) in [6, 6.07) is 3.47. The van der Waals surface area contributed by atoms with Crippen molar-refractivity contribution < 1.29 is 14.7 Å². The average molecular weight is 349 g/mol. The van der Waals surface area contributed by atoms with Gasteiger partial charge in [0.25, 0.3) is 5.91 Å². The van der Waals surface area contributed by atoms with E-state index >= 15 is 0 Å². The van der Waals surface area contributed by atoms with Crippen LogP contribution < -0.4 is 5.32 Å². The van der Waals surface area contributed by atoms with Crippen LogP contribution in [0.5, 0.6) is 0 Å². The van der Waals surface area contributed by atoms with Crippen LogP contribution in [0, 0.1) is 0 Å². The van der Waals surface area contributed by atoms with Crippen LogP contribution in [0.3, 0.4) is 0 Å². The second-order valence-electron chi connectivity index (χ2n) is 4.85. The molecular weight excluding hydrogens is 332 g/mol. The van der Waals surface area contributed by atoms with Crippen molar-refractivity contribution >= 4 is 39.1 Å². The number of hydrogen-bond donors (Lipinski definition) is 2. The van der Waals surface area contributed by atoms with Gasteiger partial charge in [-0.15, -0.1) is 11.3 Å². The number of thiophene rings is 1. The number of amides is 2. The first kappa shape index (κ1) is 16.1. The zero-order valence-corrected chi connectivity index (χ0v) is 13.5. The van der Waals surface area contributed by atoms with Crippen LogP contribution in [0.2, 0.25) is 0 Å². The number of carbonyl (C=O) groups excluding carboxylic acids is 2. The van der Waals surface area contributed by atoms with E-state index in [9.17, 15) is 14.7 Å². The first-order valence-corrected chi connectivity index (χ1v) is 7.30. The second kappa shape index (κ2) is 6.49. The van der Waals surface area contributed by atoms with Crippen molar-refractivity contribution in [2.24, 2.45) is 0 Å². The number of hydrogen-bond acceptors (Lipinski definition) is 4. The van der Waals surface area contributed by atoms with Gasteiger partial charge in [-0.2, -0.15) is 0 Å². The zero-order valence-electron chi connectivity index (χ0n) is 11.1. The van der Waals surface area contributed by atoms with E-state index in [1.165, 1.54) is 16.2 Å². The monoisotopic (exact) mass is 348 g/mol. The molecule has 106 valence electrons. The van der Waals surface area contributed by atoms with E-state index in [1.807, 2.05) is 0 Å². The molecule has 0 aromatic carbocycles. The highest BCUT2D eigenvalue weighted by Crippen LogP contribution is 2.21. The summed E-state index contributed by atoms with van der Waals surface area (Å²) in [6.45, 7) is 3.38. The minimum absolute atomic E-state index is 0.0824. The Balaban J connectivity index is 2.44. The van der Waals surface area contributed by atoms with E-state index in [4.69, 9.17) is 0 Å². The SMILES string of the molecule is CN(CC(C)(C)O)C(=O)CNC(=O)c1ccc(Br)s1. The Kier molecular flexibility index (Phi) is 5.51. The van der Waals surface area contributed by atoms with Crippen LogP contribution in [-0.2, 0) is 4.79 Å². The molecule has 0 bridgehead atoms. The van der Waals surface area contributed by atoms with Gasteiger partial charge in [0.2, 0.25) is 5.91 Å². The fourth-order valence-corrected chi connectivity index (χ4v) is 2.79. The number of nitrogens with zero attached hydrogens (tertiary/aromatic N) is 1. The summed E-state index contributed by atoms with van der Waals surface area (Å²) in [5.41, 5.74) is -0.951. The fraction of sp³-hybridized carbons (Fsp3) is 0.500. The third-order valence-electron chi connectivity index (χ3n) is 2.25. The Labute approximate surface area is 124 Å². The molecule has 0 atom stereocenters. The van der Waals surface area contributed by atoms with Gasteiger partial charge in [-0.1, -0.05) is 0 Å². The maximum Gasteiger partial charge on any atom is 0.261 e. The molecule has 0 spiro atoms. The molecule has 1 heterocycles. The average Bonchev–Trinajstić information content (AvgIpc) is 2.69. The molecule has 0 saturated carbocycles. The summed E-state index contributed by atoms with van der Waals surface area (Å²) in [5, 5.41) is 12.2. The molecule has 2 N–H and O–H groups in total. The predicted molar refractivity (Wildman–Crippen MR) is 78.3 cm³/mol. The molecule has 1 aromatic heterocycles. The number of rotatable bonds is 5. The molecule has 2 amide bonds. The maximum atomic E-state index is 11.8. The standard InChI is InChI=1S/C12H17BrN2O3S/c1-12(2,18)7-15(3)10(16)6-14-11(17)8-4-5-9(13)19-8/h4-5,18H,6-7H2,1-3H3,(H,14,17). The number of halogens is 1. The van der Waals surface area contributed by atoms with E-state index < -0.39 is 5.60 Å². The second-order valence-corrected chi connectivity index (χ2v) is 7.31. The van der Waals surface area contributed by atoms with Crippen molar-refractivity contribution in [1.82, 2.24) is 10.2 Å². The first-order chi connectivity index (χ1) is 8.69. The van der Waals surface area contributed by atoms with Crippen molar-refractivity contribution in [2.75, 3.05) is 20.1 Å². The van der Waals surface area contributed by atoms with Crippen LogP contribution in [0.4, 0.5) is 0 Å². The van der Waals surface area contributed by atoms with Gasteiger partial charge in [0.05, 0.1) is 20.8 Å². The summed E-state index contributed by atoms with van der Waals surface area (Å²) < 4.78 is 0.864. The third kappa shape index (κ3) is 5.71. The van der Waals surface area contributed by atoms with Gasteiger partial charge in [0, 0.05) is 13.6 Å². The topological polar surface area (TPSA) is 69.6 Å². The highest BCUT2D eigenvalue weighted by atomic mass is 79.9. The van der Waals surface area contributed by atoms with E-state index in [0.29, 0.717) is 4.88 Å². The van der Waals surface area contributed by atoms with Crippen LogP contribution in [0.25, 0.3) is 0 Å². The molecule has 1 rings (SSSR count). The van der Waals surface area contributed by atoms with Crippen LogP contribution in [0.1, 0.15) is 23.5 Å². The number of likely N-dealkylation sites (N-methyl/N-ethyl adjacent to an activating group) is 1. The van der Waals surface area contributed by atoms with E-state index in [1.54, 1.807) is 33.0 Å². The molecular formula is C12H17BrN2O3S. The molecule has 0 radical (unpaired) electrons. The Morgan fingerprint density at radius 2 is 2.11 bits per heavy atom. The van der Waals surface area contributed by atoms with Gasteiger partial charge in [-0.25, -0.2) is 0 Å². The Morgan fingerprint density at radius 3 is 2.58 bits per heavy atom. The number of carbonyl (C=O) groups is 2. The molecule has 5 nitrogen and oxygen atoms in total. The van der Waals surface area contributed by atoms with Crippen molar-refractivity contribution in [2.45, 2.75) is 19.4 Å². The molecule has 7 heteroatoms. The Morgan fingerprint density at radius 1 is 1.47 bits per heavy atom. The Hall–Kier alpha value is -0.920. The third-order valence-corrected chi connectivity index (χ3v) is 3.87. The largest absolute Gasteiger partial charge is 0.389 e. The van der Waals surface area contributed by atoms with Crippen LogP contribution >= 0.6 is 27.3 Å². The lowest BCUT2D eigenvalue weighted by Gasteiger charge is -2.25.